The summed E-state index contributed by atoms with van der Waals surface area (Å²) in [6, 6.07) is 18.0. The summed E-state index contributed by atoms with van der Waals surface area (Å²) in [6.07, 6.45) is 0. The Bertz CT molecular complexity index is 718. The van der Waals surface area contributed by atoms with E-state index in [-0.39, 0.29) is 11.9 Å². The van der Waals surface area contributed by atoms with E-state index in [0.717, 1.165) is 49.1 Å². The van der Waals surface area contributed by atoms with Gasteiger partial charge in [0.2, 0.25) is 5.91 Å². The summed E-state index contributed by atoms with van der Waals surface area (Å²) in [5.41, 5.74) is 1.13. The SMILES string of the molecule is CCOc1ccc(SCC(=O)N[C@@H](CN2CCOCC2)c2ccccc2)cc1. The third kappa shape index (κ3) is 6.55. The molecule has 1 saturated heterocycles. The zero-order valence-corrected chi connectivity index (χ0v) is 17.1. The summed E-state index contributed by atoms with van der Waals surface area (Å²) in [5.74, 6) is 1.28. The third-order valence-corrected chi connectivity index (χ3v) is 5.60. The van der Waals surface area contributed by atoms with Gasteiger partial charge in [-0.25, -0.2) is 0 Å². The minimum Gasteiger partial charge on any atom is -0.494 e. The van der Waals surface area contributed by atoms with E-state index in [1.54, 1.807) is 0 Å². The average Bonchev–Trinajstić information content (AvgIpc) is 2.74. The Balaban J connectivity index is 1.55. The second-order valence-electron chi connectivity index (χ2n) is 6.64. The van der Waals surface area contributed by atoms with Crippen LogP contribution in [0.15, 0.2) is 59.5 Å². The molecule has 1 aliphatic rings. The molecule has 1 N–H and O–H groups in total. The van der Waals surface area contributed by atoms with Crippen LogP contribution in [0.3, 0.4) is 0 Å². The number of thioether (sulfide) groups is 1. The van der Waals surface area contributed by atoms with Gasteiger partial charge in [-0.1, -0.05) is 30.3 Å². The number of ether oxygens (including phenoxy) is 2. The summed E-state index contributed by atoms with van der Waals surface area (Å²) in [7, 11) is 0. The van der Waals surface area contributed by atoms with Crippen molar-refractivity contribution in [2.24, 2.45) is 0 Å². The van der Waals surface area contributed by atoms with Crippen LogP contribution in [0.1, 0.15) is 18.5 Å². The number of carbonyl (C=O) groups excluding carboxylic acids is 1. The lowest BCUT2D eigenvalue weighted by molar-refractivity contribution is -0.119. The topological polar surface area (TPSA) is 50.8 Å². The molecule has 0 spiro atoms. The summed E-state index contributed by atoms with van der Waals surface area (Å²) < 4.78 is 10.9. The first-order valence-electron chi connectivity index (χ1n) is 9.74. The van der Waals surface area contributed by atoms with Crippen molar-refractivity contribution in [1.82, 2.24) is 10.2 Å². The molecule has 0 unspecified atom stereocenters. The number of benzene rings is 2. The molecule has 2 aromatic rings. The summed E-state index contributed by atoms with van der Waals surface area (Å²) in [6.45, 7) is 6.73. The van der Waals surface area contributed by atoms with E-state index >= 15 is 0 Å². The second-order valence-corrected chi connectivity index (χ2v) is 7.69. The van der Waals surface area contributed by atoms with Gasteiger partial charge in [0.15, 0.2) is 0 Å². The molecule has 1 atom stereocenters. The highest BCUT2D eigenvalue weighted by molar-refractivity contribution is 8.00. The Morgan fingerprint density at radius 2 is 1.86 bits per heavy atom. The highest BCUT2D eigenvalue weighted by Crippen LogP contribution is 2.22. The van der Waals surface area contributed by atoms with Crippen LogP contribution < -0.4 is 10.1 Å². The van der Waals surface area contributed by atoms with Crippen LogP contribution in [0.5, 0.6) is 5.75 Å². The van der Waals surface area contributed by atoms with Crippen molar-refractivity contribution >= 4 is 17.7 Å². The highest BCUT2D eigenvalue weighted by Gasteiger charge is 2.20. The molecule has 28 heavy (non-hydrogen) atoms. The van der Waals surface area contributed by atoms with E-state index in [0.29, 0.717) is 12.4 Å². The fourth-order valence-corrected chi connectivity index (χ4v) is 3.85. The number of amides is 1. The van der Waals surface area contributed by atoms with Gasteiger partial charge in [-0.3, -0.25) is 9.69 Å². The first-order valence-corrected chi connectivity index (χ1v) is 10.7. The largest absolute Gasteiger partial charge is 0.494 e. The number of hydrogen-bond acceptors (Lipinski definition) is 5. The third-order valence-electron chi connectivity index (χ3n) is 4.59. The molecule has 5 nitrogen and oxygen atoms in total. The van der Waals surface area contributed by atoms with Gasteiger partial charge in [-0.2, -0.15) is 0 Å². The van der Waals surface area contributed by atoms with Crippen molar-refractivity contribution in [3.05, 3.63) is 60.2 Å². The summed E-state index contributed by atoms with van der Waals surface area (Å²) in [4.78, 5) is 16.0. The fourth-order valence-electron chi connectivity index (χ4n) is 3.15. The predicted octanol–water partition coefficient (Wildman–Crippen LogP) is 3.37. The van der Waals surface area contributed by atoms with Gasteiger partial charge in [0.05, 0.1) is 31.6 Å². The van der Waals surface area contributed by atoms with Crippen molar-refractivity contribution in [3.63, 3.8) is 0 Å². The molecule has 0 aliphatic carbocycles. The van der Waals surface area contributed by atoms with Crippen molar-refractivity contribution in [2.45, 2.75) is 17.9 Å². The fraction of sp³-hybridized carbons (Fsp3) is 0.409. The molecule has 1 amide bonds. The standard InChI is InChI=1S/C22H28N2O3S/c1-2-27-19-8-10-20(11-9-19)28-17-22(25)23-21(18-6-4-3-5-7-18)16-24-12-14-26-15-13-24/h3-11,21H,2,12-17H2,1H3,(H,23,25)/t21-/m0/s1. The molecule has 0 bridgehead atoms. The van der Waals surface area contributed by atoms with E-state index in [4.69, 9.17) is 9.47 Å². The van der Waals surface area contributed by atoms with Gasteiger partial charge in [0.25, 0.3) is 0 Å². The zero-order chi connectivity index (χ0) is 19.6. The van der Waals surface area contributed by atoms with Gasteiger partial charge < -0.3 is 14.8 Å². The second kappa shape index (κ2) is 11.1. The van der Waals surface area contributed by atoms with Crippen molar-refractivity contribution < 1.29 is 14.3 Å². The Morgan fingerprint density at radius 1 is 1.14 bits per heavy atom. The molecule has 0 radical (unpaired) electrons. The zero-order valence-electron chi connectivity index (χ0n) is 16.3. The van der Waals surface area contributed by atoms with E-state index in [1.165, 1.54) is 11.8 Å². The smallest absolute Gasteiger partial charge is 0.230 e. The van der Waals surface area contributed by atoms with Crippen LogP contribution in [0, 0.1) is 0 Å². The average molecular weight is 401 g/mol. The number of morpholine rings is 1. The number of nitrogens with zero attached hydrogens (tertiary/aromatic N) is 1. The first kappa shape index (κ1) is 20.7. The molecule has 1 heterocycles. The van der Waals surface area contributed by atoms with Gasteiger partial charge in [0.1, 0.15) is 5.75 Å². The van der Waals surface area contributed by atoms with Crippen LogP contribution in [0.4, 0.5) is 0 Å². The molecule has 1 aliphatic heterocycles. The number of rotatable bonds is 9. The van der Waals surface area contributed by atoms with Crippen LogP contribution in [0.25, 0.3) is 0 Å². The van der Waals surface area contributed by atoms with Gasteiger partial charge in [-0.05, 0) is 36.8 Å². The molecule has 0 aromatic heterocycles. The maximum Gasteiger partial charge on any atom is 0.230 e. The van der Waals surface area contributed by atoms with E-state index < -0.39 is 0 Å². The number of carbonyl (C=O) groups is 1. The Kier molecular flexibility index (Phi) is 8.21. The summed E-state index contributed by atoms with van der Waals surface area (Å²) in [5, 5.41) is 3.22. The van der Waals surface area contributed by atoms with Crippen LogP contribution in [-0.4, -0.2) is 56.0 Å². The Labute approximate surface area is 171 Å². The molecule has 0 saturated carbocycles. The quantitative estimate of drug-likeness (QED) is 0.654. The maximum absolute atomic E-state index is 12.6. The highest BCUT2D eigenvalue weighted by atomic mass is 32.2. The minimum absolute atomic E-state index is 0.0206. The van der Waals surface area contributed by atoms with E-state index in [2.05, 4.69) is 22.3 Å². The summed E-state index contributed by atoms with van der Waals surface area (Å²) >= 11 is 1.54. The molecule has 150 valence electrons. The van der Waals surface area contributed by atoms with Crippen molar-refractivity contribution in [2.75, 3.05) is 45.2 Å². The van der Waals surface area contributed by atoms with Crippen LogP contribution in [0.2, 0.25) is 0 Å². The molecular formula is C22H28N2O3S. The minimum atomic E-state index is -0.0206. The molecule has 3 rings (SSSR count). The lowest BCUT2D eigenvalue weighted by Gasteiger charge is -2.31. The van der Waals surface area contributed by atoms with Crippen molar-refractivity contribution in [3.8, 4) is 5.75 Å². The Morgan fingerprint density at radius 3 is 2.54 bits per heavy atom. The van der Waals surface area contributed by atoms with Crippen molar-refractivity contribution in [1.29, 1.82) is 0 Å². The Hall–Kier alpha value is -2.02. The molecule has 1 fully saturated rings. The van der Waals surface area contributed by atoms with Gasteiger partial charge in [0, 0.05) is 24.5 Å². The molecular weight excluding hydrogens is 372 g/mol. The molecule has 6 heteroatoms. The van der Waals surface area contributed by atoms with Crippen LogP contribution >= 0.6 is 11.8 Å². The normalized spacial score (nSPS) is 15.8. The van der Waals surface area contributed by atoms with E-state index in [9.17, 15) is 4.79 Å². The number of hydrogen-bond donors (Lipinski definition) is 1. The number of nitrogens with one attached hydrogen (secondary N) is 1. The monoisotopic (exact) mass is 400 g/mol. The van der Waals surface area contributed by atoms with Gasteiger partial charge in [-0.15, -0.1) is 11.8 Å². The lowest BCUT2D eigenvalue weighted by Crippen LogP contribution is -2.43. The first-order chi connectivity index (χ1) is 13.7. The molecule has 2 aromatic carbocycles. The van der Waals surface area contributed by atoms with Crippen LogP contribution in [-0.2, 0) is 9.53 Å². The lowest BCUT2D eigenvalue weighted by atomic mass is 10.1. The van der Waals surface area contributed by atoms with Gasteiger partial charge >= 0.3 is 0 Å². The van der Waals surface area contributed by atoms with E-state index in [1.807, 2.05) is 49.4 Å². The predicted molar refractivity (Wildman–Crippen MR) is 113 cm³/mol. The maximum atomic E-state index is 12.6.